The van der Waals surface area contributed by atoms with Crippen molar-refractivity contribution in [2.24, 2.45) is 0 Å². The normalized spacial score (nSPS) is 17.0. The van der Waals surface area contributed by atoms with E-state index in [1.807, 2.05) is 0 Å². The number of hydrogen-bond acceptors (Lipinski definition) is 4. The zero-order valence-corrected chi connectivity index (χ0v) is 8.87. The minimum atomic E-state index is -4.68. The van der Waals surface area contributed by atoms with Gasteiger partial charge < -0.3 is 4.90 Å². The number of rotatable bonds is 2. The van der Waals surface area contributed by atoms with Crippen LogP contribution in [0.3, 0.4) is 0 Å². The lowest BCUT2D eigenvalue weighted by molar-refractivity contribution is 0.551. The summed E-state index contributed by atoms with van der Waals surface area (Å²) < 4.78 is 34.7. The SMILES string of the molecule is O=S(=O)(F)c1cccnc1N1CCCC1. The largest absolute Gasteiger partial charge is 0.355 e. The summed E-state index contributed by atoms with van der Waals surface area (Å²) in [6, 6.07) is 2.67. The number of pyridine rings is 1. The van der Waals surface area contributed by atoms with Crippen LogP contribution in [0.4, 0.5) is 9.70 Å². The molecule has 1 aliphatic rings. The highest BCUT2D eigenvalue weighted by molar-refractivity contribution is 7.86. The van der Waals surface area contributed by atoms with Crippen LogP contribution >= 0.6 is 0 Å². The van der Waals surface area contributed by atoms with E-state index in [0.717, 1.165) is 25.9 Å². The molecule has 1 aromatic rings. The fraction of sp³-hybridized carbons (Fsp3) is 0.444. The van der Waals surface area contributed by atoms with Gasteiger partial charge in [0.1, 0.15) is 10.7 Å². The van der Waals surface area contributed by atoms with Crippen LogP contribution in [0.15, 0.2) is 23.2 Å². The fourth-order valence-corrected chi connectivity index (χ4v) is 2.38. The maximum absolute atomic E-state index is 12.9. The Hall–Kier alpha value is -1.17. The zero-order chi connectivity index (χ0) is 10.9. The van der Waals surface area contributed by atoms with E-state index in [0.29, 0.717) is 0 Å². The molecule has 2 rings (SSSR count). The van der Waals surface area contributed by atoms with Crippen molar-refractivity contribution in [1.29, 1.82) is 0 Å². The van der Waals surface area contributed by atoms with Gasteiger partial charge in [0.25, 0.3) is 0 Å². The first-order valence-corrected chi connectivity index (χ1v) is 6.12. The minimum absolute atomic E-state index is 0.234. The third kappa shape index (κ3) is 2.09. The Labute approximate surface area is 88.0 Å². The molecule has 0 saturated carbocycles. The van der Waals surface area contributed by atoms with Crippen LogP contribution in [0, 0.1) is 0 Å². The summed E-state index contributed by atoms with van der Waals surface area (Å²) in [7, 11) is -4.68. The molecule has 6 heteroatoms. The fourth-order valence-electron chi connectivity index (χ4n) is 1.74. The average molecular weight is 230 g/mol. The van der Waals surface area contributed by atoms with Crippen LogP contribution in [0.1, 0.15) is 12.8 Å². The van der Waals surface area contributed by atoms with E-state index in [-0.39, 0.29) is 10.7 Å². The van der Waals surface area contributed by atoms with Crippen molar-refractivity contribution in [2.45, 2.75) is 17.7 Å². The van der Waals surface area contributed by atoms with Gasteiger partial charge in [-0.1, -0.05) is 0 Å². The number of anilines is 1. The molecule has 0 radical (unpaired) electrons. The first-order valence-electron chi connectivity index (χ1n) is 4.73. The summed E-state index contributed by atoms with van der Waals surface area (Å²) in [4.78, 5) is 5.41. The molecule has 4 nitrogen and oxygen atoms in total. The van der Waals surface area contributed by atoms with Crippen LogP contribution in [-0.2, 0) is 10.2 Å². The molecule has 1 aliphatic heterocycles. The van der Waals surface area contributed by atoms with E-state index in [1.165, 1.54) is 18.3 Å². The molecule has 0 unspecified atom stereocenters. The third-order valence-corrected chi connectivity index (χ3v) is 3.26. The van der Waals surface area contributed by atoms with Gasteiger partial charge in [-0.25, -0.2) is 4.98 Å². The topological polar surface area (TPSA) is 50.3 Å². The minimum Gasteiger partial charge on any atom is -0.355 e. The van der Waals surface area contributed by atoms with Crippen molar-refractivity contribution in [1.82, 2.24) is 4.98 Å². The van der Waals surface area contributed by atoms with Crippen molar-refractivity contribution in [3.63, 3.8) is 0 Å². The molecule has 0 aromatic carbocycles. The average Bonchev–Trinajstić information content (AvgIpc) is 2.69. The Morgan fingerprint density at radius 2 is 2.00 bits per heavy atom. The maximum atomic E-state index is 12.9. The van der Waals surface area contributed by atoms with Gasteiger partial charge in [0.05, 0.1) is 0 Å². The van der Waals surface area contributed by atoms with E-state index in [4.69, 9.17) is 0 Å². The van der Waals surface area contributed by atoms with E-state index >= 15 is 0 Å². The zero-order valence-electron chi connectivity index (χ0n) is 8.06. The molecule has 0 bridgehead atoms. The summed E-state index contributed by atoms with van der Waals surface area (Å²) in [5.74, 6) is 0.234. The van der Waals surface area contributed by atoms with Crippen LogP contribution < -0.4 is 4.90 Å². The standard InChI is InChI=1S/C9H11FN2O2S/c10-15(13,14)8-4-3-5-11-9(8)12-6-1-2-7-12/h3-5H,1-2,6-7H2. The smallest absolute Gasteiger partial charge is 0.335 e. The molecule has 0 aliphatic carbocycles. The molecule has 2 heterocycles. The van der Waals surface area contributed by atoms with Gasteiger partial charge in [-0.15, -0.1) is 3.89 Å². The van der Waals surface area contributed by atoms with E-state index in [1.54, 1.807) is 4.90 Å². The van der Waals surface area contributed by atoms with Gasteiger partial charge in [0.15, 0.2) is 0 Å². The van der Waals surface area contributed by atoms with Crippen molar-refractivity contribution >= 4 is 16.0 Å². The quantitative estimate of drug-likeness (QED) is 0.719. The first-order chi connectivity index (χ1) is 7.09. The highest BCUT2D eigenvalue weighted by Gasteiger charge is 2.23. The summed E-state index contributed by atoms with van der Waals surface area (Å²) >= 11 is 0. The first kappa shape index (κ1) is 10.4. The molecule has 1 fully saturated rings. The van der Waals surface area contributed by atoms with Gasteiger partial charge in [0, 0.05) is 19.3 Å². The molecule has 0 N–H and O–H groups in total. The second-order valence-corrected chi connectivity index (χ2v) is 4.77. The maximum Gasteiger partial charge on any atom is 0.335 e. The van der Waals surface area contributed by atoms with Crippen molar-refractivity contribution in [3.05, 3.63) is 18.3 Å². The molecule has 0 amide bonds. The molecule has 0 spiro atoms. The number of halogens is 1. The number of aromatic nitrogens is 1. The lowest BCUT2D eigenvalue weighted by Gasteiger charge is -2.17. The second-order valence-electron chi connectivity index (χ2n) is 3.46. The predicted octanol–water partition coefficient (Wildman–Crippen LogP) is 1.34. The summed E-state index contributed by atoms with van der Waals surface area (Å²) in [6.07, 6.45) is 3.45. The summed E-state index contributed by atoms with van der Waals surface area (Å²) in [6.45, 7) is 1.47. The lowest BCUT2D eigenvalue weighted by Crippen LogP contribution is -2.21. The van der Waals surface area contributed by atoms with Gasteiger partial charge in [0.2, 0.25) is 0 Å². The van der Waals surface area contributed by atoms with Crippen molar-refractivity contribution in [2.75, 3.05) is 18.0 Å². The van der Waals surface area contributed by atoms with Crippen LogP contribution in [0.25, 0.3) is 0 Å². The monoisotopic (exact) mass is 230 g/mol. The Morgan fingerprint density at radius 3 is 2.60 bits per heavy atom. The highest BCUT2D eigenvalue weighted by atomic mass is 32.3. The van der Waals surface area contributed by atoms with Gasteiger partial charge >= 0.3 is 10.2 Å². The van der Waals surface area contributed by atoms with Crippen LogP contribution in [-0.4, -0.2) is 26.5 Å². The molecule has 1 saturated heterocycles. The third-order valence-electron chi connectivity index (χ3n) is 2.42. The van der Waals surface area contributed by atoms with Gasteiger partial charge in [-0.2, -0.15) is 8.42 Å². The number of hydrogen-bond donors (Lipinski definition) is 0. The summed E-state index contributed by atoms with van der Waals surface area (Å²) in [5, 5.41) is 0. The molecule has 0 atom stereocenters. The van der Waals surface area contributed by atoms with Crippen LogP contribution in [0.2, 0.25) is 0 Å². The van der Waals surface area contributed by atoms with Gasteiger partial charge in [-0.05, 0) is 25.0 Å². The van der Waals surface area contributed by atoms with Crippen LogP contribution in [0.5, 0.6) is 0 Å². The second kappa shape index (κ2) is 3.77. The molecule has 15 heavy (non-hydrogen) atoms. The van der Waals surface area contributed by atoms with Crippen molar-refractivity contribution < 1.29 is 12.3 Å². The number of nitrogens with zero attached hydrogens (tertiary/aromatic N) is 2. The summed E-state index contributed by atoms with van der Waals surface area (Å²) in [5.41, 5.74) is 0. The Balaban J connectivity index is 2.46. The van der Waals surface area contributed by atoms with E-state index < -0.39 is 10.2 Å². The Kier molecular flexibility index (Phi) is 2.60. The molecular formula is C9H11FN2O2S. The highest BCUT2D eigenvalue weighted by Crippen LogP contribution is 2.26. The van der Waals surface area contributed by atoms with E-state index in [9.17, 15) is 12.3 Å². The Bertz CT molecular complexity index is 455. The Morgan fingerprint density at radius 1 is 1.33 bits per heavy atom. The van der Waals surface area contributed by atoms with Gasteiger partial charge in [-0.3, -0.25) is 0 Å². The molecular weight excluding hydrogens is 219 g/mol. The van der Waals surface area contributed by atoms with Crippen molar-refractivity contribution in [3.8, 4) is 0 Å². The molecule has 82 valence electrons. The van der Waals surface area contributed by atoms with E-state index in [2.05, 4.69) is 4.98 Å². The predicted molar refractivity (Wildman–Crippen MR) is 54.0 cm³/mol. The lowest BCUT2D eigenvalue weighted by atomic mass is 10.4. The molecule has 1 aromatic heterocycles.